The van der Waals surface area contributed by atoms with E-state index in [1.165, 1.54) is 7.11 Å². The Labute approximate surface area is 223 Å². The number of hydrogen-bond donors (Lipinski definition) is 0. The smallest absolute Gasteiger partial charge is 0.344 e. The van der Waals surface area contributed by atoms with E-state index in [9.17, 15) is 14.4 Å². The van der Waals surface area contributed by atoms with Crippen molar-refractivity contribution in [3.8, 4) is 23.0 Å². The van der Waals surface area contributed by atoms with E-state index < -0.39 is 17.1 Å². The number of carbonyl (C=O) groups is 3. The third-order valence-electron chi connectivity index (χ3n) is 4.93. The molecule has 0 atom stereocenters. The molecule has 9 nitrogen and oxygen atoms in total. The summed E-state index contributed by atoms with van der Waals surface area (Å²) in [5.41, 5.74) is 1.19. The fourth-order valence-electron chi connectivity index (χ4n) is 3.34. The quantitative estimate of drug-likeness (QED) is 0.230. The second kappa shape index (κ2) is 11.0. The molecule has 4 rings (SSSR count). The lowest BCUT2D eigenvalue weighted by molar-refractivity contribution is -0.145. The molecular weight excluding hydrogens is 613 g/mol. The van der Waals surface area contributed by atoms with Crippen molar-refractivity contribution >= 4 is 69.1 Å². The zero-order valence-corrected chi connectivity index (χ0v) is 22.3. The minimum Gasteiger partial charge on any atom is -0.493 e. The minimum absolute atomic E-state index is 0.00102. The maximum atomic E-state index is 13.0. The van der Waals surface area contributed by atoms with Gasteiger partial charge in [-0.05, 0) is 76.7 Å². The third-order valence-corrected chi connectivity index (χ3v) is 6.99. The fourth-order valence-corrected chi connectivity index (χ4v) is 5.17. The lowest BCUT2D eigenvalue weighted by Gasteiger charge is -2.14. The molecule has 1 saturated heterocycles. The summed E-state index contributed by atoms with van der Waals surface area (Å²) < 4.78 is 27.2. The summed E-state index contributed by atoms with van der Waals surface area (Å²) in [6, 6.07) is 6.69. The van der Waals surface area contributed by atoms with Crippen molar-refractivity contribution < 1.29 is 38.1 Å². The number of fused-ring (bicyclic) bond motifs is 1. The first-order valence-corrected chi connectivity index (χ1v) is 12.6. The minimum atomic E-state index is -0.495. The molecule has 12 heteroatoms. The summed E-state index contributed by atoms with van der Waals surface area (Å²) in [5, 5.41) is -0.0407. The Morgan fingerprint density at radius 1 is 1.23 bits per heavy atom. The van der Waals surface area contributed by atoms with Gasteiger partial charge in [0.25, 0.3) is 11.1 Å². The van der Waals surface area contributed by atoms with E-state index in [2.05, 4.69) is 0 Å². The number of halogens is 2. The van der Waals surface area contributed by atoms with Crippen LogP contribution in [-0.2, 0) is 20.9 Å². The van der Waals surface area contributed by atoms with Gasteiger partial charge in [-0.1, -0.05) is 11.6 Å². The van der Waals surface area contributed by atoms with Gasteiger partial charge in [0.15, 0.2) is 29.6 Å². The highest BCUT2D eigenvalue weighted by atomic mass is 127. The largest absolute Gasteiger partial charge is 0.493 e. The Morgan fingerprint density at radius 2 is 1.97 bits per heavy atom. The zero-order chi connectivity index (χ0) is 25.1. The van der Waals surface area contributed by atoms with Crippen LogP contribution >= 0.6 is 46.0 Å². The van der Waals surface area contributed by atoms with Crippen molar-refractivity contribution in [1.29, 1.82) is 0 Å². The van der Waals surface area contributed by atoms with Crippen LogP contribution in [0.15, 0.2) is 29.2 Å². The summed E-state index contributed by atoms with van der Waals surface area (Å²) in [5.74, 6) is 0.851. The molecule has 0 aliphatic carbocycles. The average molecular weight is 632 g/mol. The number of amides is 2. The third kappa shape index (κ3) is 5.62. The molecule has 2 aliphatic rings. The van der Waals surface area contributed by atoms with Crippen LogP contribution in [0.3, 0.4) is 0 Å². The van der Waals surface area contributed by atoms with E-state index in [4.69, 9.17) is 35.3 Å². The highest BCUT2D eigenvalue weighted by Crippen LogP contribution is 2.40. The molecule has 2 aromatic carbocycles. The molecule has 0 N–H and O–H groups in total. The van der Waals surface area contributed by atoms with Crippen LogP contribution in [0.1, 0.15) is 18.1 Å². The van der Waals surface area contributed by atoms with Crippen molar-refractivity contribution in [2.75, 3.05) is 27.1 Å². The molecule has 35 heavy (non-hydrogen) atoms. The number of thioether (sulfide) groups is 1. The molecule has 0 aromatic heterocycles. The Balaban J connectivity index is 1.53. The molecule has 184 valence electrons. The Bertz CT molecular complexity index is 1230. The van der Waals surface area contributed by atoms with Crippen LogP contribution < -0.4 is 18.9 Å². The monoisotopic (exact) mass is 631 g/mol. The van der Waals surface area contributed by atoms with Gasteiger partial charge in [-0.25, -0.2) is 4.79 Å². The number of esters is 1. The van der Waals surface area contributed by atoms with Crippen LogP contribution in [0.4, 0.5) is 4.79 Å². The van der Waals surface area contributed by atoms with E-state index in [1.807, 2.05) is 22.6 Å². The summed E-state index contributed by atoms with van der Waals surface area (Å²) in [4.78, 5) is 38.7. The van der Waals surface area contributed by atoms with Gasteiger partial charge >= 0.3 is 5.97 Å². The van der Waals surface area contributed by atoms with Crippen LogP contribution in [-0.4, -0.2) is 49.1 Å². The molecular formula is C23H19ClINO8S. The van der Waals surface area contributed by atoms with E-state index in [0.717, 1.165) is 16.7 Å². The SMILES string of the molecule is CCOC(=O)COc1c(I)cc(/C=C2/SC(=O)N(Cc3cc4c(cc3Cl)OCO4)C2=O)cc1OC. The highest BCUT2D eigenvalue weighted by molar-refractivity contribution is 14.1. The molecule has 1 fully saturated rings. The molecule has 2 aliphatic heterocycles. The average Bonchev–Trinajstić information content (AvgIpc) is 3.37. The fraction of sp³-hybridized carbons (Fsp3) is 0.261. The van der Waals surface area contributed by atoms with Gasteiger partial charge < -0.3 is 23.7 Å². The van der Waals surface area contributed by atoms with Crippen LogP contribution in [0.5, 0.6) is 23.0 Å². The maximum Gasteiger partial charge on any atom is 0.344 e. The second-order valence-electron chi connectivity index (χ2n) is 7.19. The summed E-state index contributed by atoms with van der Waals surface area (Å²) in [6.45, 7) is 1.79. The van der Waals surface area contributed by atoms with Crippen molar-refractivity contribution in [3.63, 3.8) is 0 Å². The predicted octanol–water partition coefficient (Wildman–Crippen LogP) is 4.86. The van der Waals surface area contributed by atoms with Crippen LogP contribution in [0, 0.1) is 3.57 Å². The number of rotatable bonds is 8. The van der Waals surface area contributed by atoms with Crippen molar-refractivity contribution in [2.24, 2.45) is 0 Å². The second-order valence-corrected chi connectivity index (χ2v) is 9.76. The maximum absolute atomic E-state index is 13.0. The zero-order valence-electron chi connectivity index (χ0n) is 18.6. The number of nitrogens with zero attached hydrogens (tertiary/aromatic N) is 1. The number of imide groups is 1. The van der Waals surface area contributed by atoms with Gasteiger partial charge in [0.2, 0.25) is 6.79 Å². The van der Waals surface area contributed by atoms with E-state index >= 15 is 0 Å². The first-order valence-electron chi connectivity index (χ1n) is 10.3. The lowest BCUT2D eigenvalue weighted by Crippen LogP contribution is -2.27. The molecule has 2 heterocycles. The predicted molar refractivity (Wildman–Crippen MR) is 137 cm³/mol. The van der Waals surface area contributed by atoms with Crippen molar-refractivity contribution in [2.45, 2.75) is 13.5 Å². The van der Waals surface area contributed by atoms with Gasteiger partial charge in [-0.2, -0.15) is 0 Å². The number of hydrogen-bond acceptors (Lipinski definition) is 9. The van der Waals surface area contributed by atoms with E-state index in [0.29, 0.717) is 42.7 Å². The van der Waals surface area contributed by atoms with Crippen molar-refractivity contribution in [1.82, 2.24) is 4.90 Å². The van der Waals surface area contributed by atoms with E-state index in [-0.39, 0.29) is 31.5 Å². The number of benzene rings is 2. The summed E-state index contributed by atoms with van der Waals surface area (Å²) >= 11 is 9.19. The number of methoxy groups -OCH3 is 1. The van der Waals surface area contributed by atoms with Gasteiger partial charge in [0.05, 0.1) is 28.7 Å². The topological polar surface area (TPSA) is 101 Å². The Kier molecular flexibility index (Phi) is 7.97. The normalized spacial score (nSPS) is 15.7. The van der Waals surface area contributed by atoms with Gasteiger partial charge in [-0.15, -0.1) is 0 Å². The van der Waals surface area contributed by atoms with Gasteiger partial charge in [0.1, 0.15) is 0 Å². The number of carbonyl (C=O) groups excluding carboxylic acids is 3. The van der Waals surface area contributed by atoms with Crippen LogP contribution in [0.2, 0.25) is 5.02 Å². The molecule has 2 amide bonds. The van der Waals surface area contributed by atoms with Crippen molar-refractivity contribution in [3.05, 3.63) is 48.9 Å². The first kappa shape index (κ1) is 25.5. The highest BCUT2D eigenvalue weighted by Gasteiger charge is 2.36. The molecule has 0 saturated carbocycles. The Morgan fingerprint density at radius 3 is 2.69 bits per heavy atom. The molecule has 0 spiro atoms. The van der Waals surface area contributed by atoms with Gasteiger partial charge in [0, 0.05) is 11.1 Å². The molecule has 0 unspecified atom stereocenters. The lowest BCUT2D eigenvalue weighted by atomic mass is 10.1. The van der Waals surface area contributed by atoms with E-state index in [1.54, 1.807) is 37.3 Å². The first-order chi connectivity index (χ1) is 16.8. The Hall–Kier alpha value is -2.64. The summed E-state index contributed by atoms with van der Waals surface area (Å²) in [6.07, 6.45) is 1.60. The molecule has 0 radical (unpaired) electrons. The number of ether oxygens (including phenoxy) is 5. The van der Waals surface area contributed by atoms with Gasteiger partial charge in [-0.3, -0.25) is 14.5 Å². The molecule has 2 aromatic rings. The summed E-state index contributed by atoms with van der Waals surface area (Å²) in [7, 11) is 1.47. The molecule has 0 bridgehead atoms. The van der Waals surface area contributed by atoms with Crippen LogP contribution in [0.25, 0.3) is 6.08 Å². The standard InChI is InChI=1S/C23H19ClINO8S/c1-3-31-20(27)10-32-21-15(25)4-12(5-18(21)30-2)6-19-22(28)26(23(29)35-19)9-13-7-16-17(8-14(13)24)34-11-33-16/h4-8H,3,9-11H2,1-2H3/b19-6+.